The number of anilines is 1. The van der Waals surface area contributed by atoms with Gasteiger partial charge in [0.05, 0.1) is 11.3 Å². The molecule has 1 saturated heterocycles. The molecule has 1 fully saturated rings. The number of benzene rings is 2. The summed E-state index contributed by atoms with van der Waals surface area (Å²) in [6, 6.07) is 17.8. The van der Waals surface area contributed by atoms with Crippen LogP contribution in [0, 0.1) is 18.3 Å². The molecule has 0 bridgehead atoms. The lowest BCUT2D eigenvalue weighted by Gasteiger charge is -2.39. The molecule has 1 atom stereocenters. The number of rotatable bonds is 4. The van der Waals surface area contributed by atoms with E-state index in [1.807, 2.05) is 60.3 Å². The van der Waals surface area contributed by atoms with Crippen molar-refractivity contribution < 1.29 is 4.79 Å². The molecule has 0 radical (unpaired) electrons. The molecule has 1 heterocycles. The van der Waals surface area contributed by atoms with Crippen molar-refractivity contribution in [1.29, 1.82) is 5.26 Å². The summed E-state index contributed by atoms with van der Waals surface area (Å²) in [6.45, 7) is 4.84. The summed E-state index contributed by atoms with van der Waals surface area (Å²) in [5.41, 5.74) is 3.85. The minimum atomic E-state index is -0.274. The molecular weight excluding hydrogens is 336 g/mol. The Balaban J connectivity index is 1.71. The minimum Gasteiger partial charge on any atom is -0.367 e. The fourth-order valence-electron chi connectivity index (χ4n) is 3.59. The summed E-state index contributed by atoms with van der Waals surface area (Å²) >= 11 is 0. The van der Waals surface area contributed by atoms with Crippen molar-refractivity contribution >= 4 is 11.6 Å². The highest BCUT2D eigenvalue weighted by Crippen LogP contribution is 2.25. The van der Waals surface area contributed by atoms with Gasteiger partial charge in [0, 0.05) is 26.2 Å². The maximum absolute atomic E-state index is 13.2. The van der Waals surface area contributed by atoms with Gasteiger partial charge >= 0.3 is 0 Å². The molecule has 1 aliphatic rings. The molecule has 27 heavy (non-hydrogen) atoms. The Bertz CT molecular complexity index is 830. The van der Waals surface area contributed by atoms with Gasteiger partial charge in [0.25, 0.3) is 0 Å². The second-order valence-electron chi connectivity index (χ2n) is 7.22. The van der Waals surface area contributed by atoms with Crippen LogP contribution in [-0.2, 0) is 4.79 Å². The average molecular weight is 362 g/mol. The summed E-state index contributed by atoms with van der Waals surface area (Å²) in [7, 11) is 3.89. The molecule has 3 rings (SSSR count). The van der Waals surface area contributed by atoms with Crippen LogP contribution in [0.5, 0.6) is 0 Å². The summed E-state index contributed by atoms with van der Waals surface area (Å²) in [5.74, 6) is 0.136. The number of aryl methyl sites for hydroxylation is 1. The van der Waals surface area contributed by atoms with Gasteiger partial charge in [-0.25, -0.2) is 0 Å². The van der Waals surface area contributed by atoms with Crippen LogP contribution < -0.4 is 4.90 Å². The maximum Gasteiger partial charge on any atom is 0.244 e. The Kier molecular flexibility index (Phi) is 5.78. The third-order valence-corrected chi connectivity index (χ3v) is 5.10. The monoisotopic (exact) mass is 362 g/mol. The summed E-state index contributed by atoms with van der Waals surface area (Å²) in [6.07, 6.45) is 0. The molecule has 0 N–H and O–H groups in total. The normalized spacial score (nSPS) is 15.5. The smallest absolute Gasteiger partial charge is 0.244 e. The Morgan fingerprint density at radius 2 is 1.67 bits per heavy atom. The molecule has 140 valence electrons. The Morgan fingerprint density at radius 1 is 1.04 bits per heavy atom. The zero-order valence-electron chi connectivity index (χ0n) is 16.2. The van der Waals surface area contributed by atoms with Crippen molar-refractivity contribution in [2.75, 3.05) is 45.2 Å². The van der Waals surface area contributed by atoms with E-state index in [1.54, 1.807) is 0 Å². The van der Waals surface area contributed by atoms with Gasteiger partial charge in [-0.15, -0.1) is 0 Å². The van der Waals surface area contributed by atoms with Gasteiger partial charge < -0.3 is 9.80 Å². The van der Waals surface area contributed by atoms with Crippen LogP contribution in [-0.4, -0.2) is 56.0 Å². The standard InChI is InChI=1S/C22H26N4O/c1-17-8-10-18(11-9-17)21(24(2)3)22(27)26-14-12-25(13-15-26)20-7-5-4-6-19(20)16-23/h4-11,21H,12-15H2,1-3H3/t21-/m1/s1. The molecule has 0 saturated carbocycles. The first kappa shape index (κ1) is 18.9. The number of piperazine rings is 1. The van der Waals surface area contributed by atoms with Crippen molar-refractivity contribution in [2.45, 2.75) is 13.0 Å². The number of likely N-dealkylation sites (N-methyl/N-ethyl adjacent to an activating group) is 1. The van der Waals surface area contributed by atoms with Gasteiger partial charge in [0.1, 0.15) is 12.1 Å². The average Bonchev–Trinajstić information content (AvgIpc) is 2.69. The predicted octanol–water partition coefficient (Wildman–Crippen LogP) is 2.82. The topological polar surface area (TPSA) is 50.6 Å². The van der Waals surface area contributed by atoms with Crippen LogP contribution >= 0.6 is 0 Å². The fraction of sp³-hybridized carbons (Fsp3) is 0.364. The molecule has 0 aromatic heterocycles. The highest BCUT2D eigenvalue weighted by molar-refractivity contribution is 5.83. The van der Waals surface area contributed by atoms with Gasteiger partial charge in [-0.3, -0.25) is 9.69 Å². The molecule has 5 nitrogen and oxygen atoms in total. The molecular formula is C22H26N4O. The number of nitriles is 1. The van der Waals surface area contributed by atoms with E-state index in [0.29, 0.717) is 18.7 Å². The van der Waals surface area contributed by atoms with Gasteiger partial charge in [0.2, 0.25) is 5.91 Å². The predicted molar refractivity (Wildman–Crippen MR) is 108 cm³/mol. The molecule has 1 aliphatic heterocycles. The molecule has 2 aromatic rings. The largest absolute Gasteiger partial charge is 0.367 e. The SMILES string of the molecule is Cc1ccc([C@H](C(=O)N2CCN(c3ccccc3C#N)CC2)N(C)C)cc1. The lowest BCUT2D eigenvalue weighted by molar-refractivity contribution is -0.136. The van der Waals surface area contributed by atoms with Crippen LogP contribution in [0.15, 0.2) is 48.5 Å². The molecule has 5 heteroatoms. The highest BCUT2D eigenvalue weighted by atomic mass is 16.2. The Hall–Kier alpha value is -2.84. The second kappa shape index (κ2) is 8.24. The number of hydrogen-bond donors (Lipinski definition) is 0. The van der Waals surface area contributed by atoms with E-state index in [1.165, 1.54) is 5.56 Å². The number of hydrogen-bond acceptors (Lipinski definition) is 4. The third kappa shape index (κ3) is 4.12. The van der Waals surface area contributed by atoms with E-state index < -0.39 is 0 Å². The molecule has 0 aliphatic carbocycles. The van der Waals surface area contributed by atoms with Crippen molar-refractivity contribution in [3.63, 3.8) is 0 Å². The van der Waals surface area contributed by atoms with Crippen LogP contribution in [0.25, 0.3) is 0 Å². The third-order valence-electron chi connectivity index (χ3n) is 5.10. The summed E-state index contributed by atoms with van der Waals surface area (Å²) in [5, 5.41) is 9.32. The van der Waals surface area contributed by atoms with Gasteiger partial charge in [-0.05, 0) is 38.7 Å². The summed E-state index contributed by atoms with van der Waals surface area (Å²) < 4.78 is 0. The van der Waals surface area contributed by atoms with Gasteiger partial charge in [-0.1, -0.05) is 42.0 Å². The quantitative estimate of drug-likeness (QED) is 0.839. The minimum absolute atomic E-state index is 0.136. The first-order valence-electron chi connectivity index (χ1n) is 9.27. The molecule has 0 unspecified atom stereocenters. The Morgan fingerprint density at radius 3 is 2.26 bits per heavy atom. The van der Waals surface area contributed by atoms with E-state index in [9.17, 15) is 10.1 Å². The zero-order chi connectivity index (χ0) is 19.4. The lowest BCUT2D eigenvalue weighted by atomic mass is 10.0. The molecule has 1 amide bonds. The number of nitrogens with zero attached hydrogens (tertiary/aromatic N) is 4. The molecule has 0 spiro atoms. The highest BCUT2D eigenvalue weighted by Gasteiger charge is 2.30. The van der Waals surface area contributed by atoms with Gasteiger partial charge in [-0.2, -0.15) is 5.26 Å². The summed E-state index contributed by atoms with van der Waals surface area (Å²) in [4.78, 5) is 19.3. The van der Waals surface area contributed by atoms with Gasteiger partial charge in [0.15, 0.2) is 0 Å². The van der Waals surface area contributed by atoms with Crippen LogP contribution in [0.1, 0.15) is 22.7 Å². The van der Waals surface area contributed by atoms with E-state index in [4.69, 9.17) is 0 Å². The molecule has 2 aromatic carbocycles. The van der Waals surface area contributed by atoms with Crippen molar-refractivity contribution in [3.8, 4) is 6.07 Å². The first-order chi connectivity index (χ1) is 13.0. The van der Waals surface area contributed by atoms with E-state index in [0.717, 1.165) is 24.3 Å². The van der Waals surface area contributed by atoms with Crippen molar-refractivity contribution in [1.82, 2.24) is 9.80 Å². The van der Waals surface area contributed by atoms with Crippen LogP contribution in [0.4, 0.5) is 5.69 Å². The van der Waals surface area contributed by atoms with Crippen molar-refractivity contribution in [2.24, 2.45) is 0 Å². The number of carbonyl (C=O) groups is 1. The van der Waals surface area contributed by atoms with Crippen molar-refractivity contribution in [3.05, 3.63) is 65.2 Å². The zero-order valence-corrected chi connectivity index (χ0v) is 16.2. The van der Waals surface area contributed by atoms with E-state index in [2.05, 4.69) is 30.0 Å². The maximum atomic E-state index is 13.2. The number of carbonyl (C=O) groups excluding carboxylic acids is 1. The second-order valence-corrected chi connectivity index (χ2v) is 7.22. The van der Waals surface area contributed by atoms with Crippen LogP contribution in [0.2, 0.25) is 0 Å². The number of amides is 1. The lowest BCUT2D eigenvalue weighted by Crippen LogP contribution is -2.51. The van der Waals surface area contributed by atoms with E-state index in [-0.39, 0.29) is 11.9 Å². The number of para-hydroxylation sites is 1. The first-order valence-corrected chi connectivity index (χ1v) is 9.27. The Labute approximate surface area is 161 Å². The fourth-order valence-corrected chi connectivity index (χ4v) is 3.59. The van der Waals surface area contributed by atoms with Crippen LogP contribution in [0.3, 0.4) is 0 Å². The van der Waals surface area contributed by atoms with E-state index >= 15 is 0 Å².